The number of carbonyl (C=O) groups is 4. The lowest BCUT2D eigenvalue weighted by Gasteiger charge is -2.15. The molecule has 5 rings (SSSR count). The van der Waals surface area contributed by atoms with Crippen molar-refractivity contribution in [2.24, 2.45) is 0 Å². The third-order valence-electron chi connectivity index (χ3n) is 4.98. The number of imide groups is 2. The van der Waals surface area contributed by atoms with Crippen LogP contribution in [0.25, 0.3) is 11.1 Å². The van der Waals surface area contributed by atoms with Crippen molar-refractivity contribution in [1.82, 2.24) is 0 Å². The van der Waals surface area contributed by atoms with E-state index in [0.29, 0.717) is 17.8 Å². The summed E-state index contributed by atoms with van der Waals surface area (Å²) in [5.74, 6) is -1.40. The molecule has 0 bridgehead atoms. The van der Waals surface area contributed by atoms with E-state index in [9.17, 15) is 19.2 Å². The average Bonchev–Trinajstić information content (AvgIpc) is 3.29. The number of benzene rings is 2. The minimum Gasteiger partial charge on any atom is -0.269 e. The number of amides is 4. The Balaban J connectivity index is 1.51. The second kappa shape index (κ2) is 5.35. The molecule has 0 spiro atoms. The van der Waals surface area contributed by atoms with Crippen molar-refractivity contribution in [3.05, 3.63) is 71.8 Å². The quantitative estimate of drug-likeness (QED) is 0.659. The van der Waals surface area contributed by atoms with Gasteiger partial charge in [-0.1, -0.05) is 12.1 Å². The van der Waals surface area contributed by atoms with E-state index in [1.54, 1.807) is 12.1 Å². The maximum atomic E-state index is 11.9. The molecule has 2 heterocycles. The van der Waals surface area contributed by atoms with Gasteiger partial charge in [-0.2, -0.15) is 0 Å². The van der Waals surface area contributed by atoms with Gasteiger partial charge in [0.05, 0.1) is 11.4 Å². The van der Waals surface area contributed by atoms with Gasteiger partial charge in [0.25, 0.3) is 23.6 Å². The van der Waals surface area contributed by atoms with Crippen LogP contribution in [0, 0.1) is 0 Å². The highest BCUT2D eigenvalue weighted by Crippen LogP contribution is 2.40. The van der Waals surface area contributed by atoms with E-state index in [-0.39, 0.29) is 23.6 Å². The standard InChI is InChI=1S/C21H12N2O4/c24-18-5-6-19(25)22(18)14-1-3-16-12(10-14)9-13-11-15(2-4-17(13)16)23-20(26)7-8-21(23)27/h1-8,10-11H,9H2. The molecule has 2 aromatic carbocycles. The molecule has 0 atom stereocenters. The fraction of sp³-hybridized carbons (Fsp3) is 0.0476. The molecule has 0 unspecified atom stereocenters. The topological polar surface area (TPSA) is 74.8 Å². The molecule has 6 nitrogen and oxygen atoms in total. The zero-order chi connectivity index (χ0) is 18.7. The van der Waals surface area contributed by atoms with Gasteiger partial charge in [0.15, 0.2) is 0 Å². The zero-order valence-corrected chi connectivity index (χ0v) is 14.0. The summed E-state index contributed by atoms with van der Waals surface area (Å²) in [7, 11) is 0. The lowest BCUT2D eigenvalue weighted by molar-refractivity contribution is -0.121. The summed E-state index contributed by atoms with van der Waals surface area (Å²) in [6.07, 6.45) is 5.63. The molecule has 0 saturated heterocycles. The molecule has 0 aromatic heterocycles. The van der Waals surface area contributed by atoms with Crippen molar-refractivity contribution < 1.29 is 19.2 Å². The fourth-order valence-corrected chi connectivity index (χ4v) is 3.77. The maximum Gasteiger partial charge on any atom is 0.258 e. The van der Waals surface area contributed by atoms with Gasteiger partial charge in [-0.3, -0.25) is 19.2 Å². The van der Waals surface area contributed by atoms with E-state index in [4.69, 9.17) is 0 Å². The first-order valence-corrected chi connectivity index (χ1v) is 8.41. The van der Waals surface area contributed by atoms with Crippen molar-refractivity contribution in [1.29, 1.82) is 0 Å². The molecule has 3 aliphatic rings. The van der Waals surface area contributed by atoms with Crippen molar-refractivity contribution in [2.45, 2.75) is 6.42 Å². The number of hydrogen-bond acceptors (Lipinski definition) is 4. The van der Waals surface area contributed by atoms with Crippen LogP contribution in [0.3, 0.4) is 0 Å². The van der Waals surface area contributed by atoms with E-state index < -0.39 is 0 Å². The second-order valence-corrected chi connectivity index (χ2v) is 6.55. The molecule has 6 heteroatoms. The van der Waals surface area contributed by atoms with Crippen LogP contribution in [-0.4, -0.2) is 23.6 Å². The van der Waals surface area contributed by atoms with E-state index in [0.717, 1.165) is 32.1 Å². The van der Waals surface area contributed by atoms with Gasteiger partial charge in [-0.15, -0.1) is 0 Å². The number of anilines is 2. The highest BCUT2D eigenvalue weighted by atomic mass is 16.2. The average molecular weight is 356 g/mol. The van der Waals surface area contributed by atoms with Crippen molar-refractivity contribution in [3.8, 4) is 11.1 Å². The molecule has 0 fully saturated rings. The summed E-state index contributed by atoms with van der Waals surface area (Å²) in [6.45, 7) is 0. The molecular formula is C21H12N2O4. The van der Waals surface area contributed by atoms with Gasteiger partial charge in [-0.05, 0) is 52.9 Å². The van der Waals surface area contributed by atoms with Gasteiger partial charge in [0.1, 0.15) is 0 Å². The molecule has 0 saturated carbocycles. The Bertz CT molecular complexity index is 1020. The van der Waals surface area contributed by atoms with Crippen LogP contribution in [-0.2, 0) is 25.6 Å². The molecular weight excluding hydrogens is 344 g/mol. The first-order chi connectivity index (χ1) is 13.0. The van der Waals surface area contributed by atoms with E-state index in [2.05, 4.69) is 0 Å². The maximum absolute atomic E-state index is 11.9. The number of nitrogens with zero attached hydrogens (tertiary/aromatic N) is 2. The monoisotopic (exact) mass is 356 g/mol. The summed E-state index contributed by atoms with van der Waals surface area (Å²) >= 11 is 0. The molecule has 0 radical (unpaired) electrons. The molecule has 4 amide bonds. The largest absolute Gasteiger partial charge is 0.269 e. The highest BCUT2D eigenvalue weighted by Gasteiger charge is 2.29. The fourth-order valence-electron chi connectivity index (χ4n) is 3.77. The Morgan fingerprint density at radius 1 is 0.556 bits per heavy atom. The molecule has 1 aliphatic carbocycles. The van der Waals surface area contributed by atoms with Crippen molar-refractivity contribution in [2.75, 3.05) is 9.80 Å². The van der Waals surface area contributed by atoms with Crippen LogP contribution in [0.4, 0.5) is 11.4 Å². The summed E-state index contributed by atoms with van der Waals surface area (Å²) in [5, 5.41) is 0. The van der Waals surface area contributed by atoms with Gasteiger partial charge < -0.3 is 0 Å². The van der Waals surface area contributed by atoms with E-state index in [1.807, 2.05) is 24.3 Å². The number of rotatable bonds is 2. The molecule has 130 valence electrons. The third-order valence-corrected chi connectivity index (χ3v) is 4.98. The second-order valence-electron chi connectivity index (χ2n) is 6.55. The van der Waals surface area contributed by atoms with Crippen LogP contribution in [0.15, 0.2) is 60.7 Å². The number of fused-ring (bicyclic) bond motifs is 3. The SMILES string of the molecule is O=C1C=CC(=O)N1c1ccc2c(c1)Cc1cc(N3C(=O)C=CC3=O)ccc1-2. The Labute approximate surface area is 154 Å². The lowest BCUT2D eigenvalue weighted by atomic mass is 10.0. The minimum atomic E-state index is -0.351. The molecule has 0 N–H and O–H groups in total. The first-order valence-electron chi connectivity index (χ1n) is 8.41. The predicted octanol–water partition coefficient (Wildman–Crippen LogP) is 2.12. The Morgan fingerprint density at radius 2 is 0.926 bits per heavy atom. The van der Waals surface area contributed by atoms with Gasteiger partial charge in [0.2, 0.25) is 0 Å². The number of hydrogen-bond donors (Lipinski definition) is 0. The molecule has 2 aromatic rings. The van der Waals surface area contributed by atoms with Crippen LogP contribution < -0.4 is 9.80 Å². The van der Waals surface area contributed by atoms with Gasteiger partial charge in [0, 0.05) is 24.3 Å². The summed E-state index contributed by atoms with van der Waals surface area (Å²) in [5.41, 5.74) is 5.09. The summed E-state index contributed by atoms with van der Waals surface area (Å²) in [4.78, 5) is 49.9. The van der Waals surface area contributed by atoms with Gasteiger partial charge >= 0.3 is 0 Å². The van der Waals surface area contributed by atoms with E-state index in [1.165, 1.54) is 24.3 Å². The van der Waals surface area contributed by atoms with E-state index >= 15 is 0 Å². The van der Waals surface area contributed by atoms with Crippen LogP contribution in [0.5, 0.6) is 0 Å². The molecule has 2 aliphatic heterocycles. The summed E-state index contributed by atoms with van der Waals surface area (Å²) in [6, 6.07) is 11.0. The molecule has 27 heavy (non-hydrogen) atoms. The normalized spacial score (nSPS) is 17.3. The van der Waals surface area contributed by atoms with Crippen LogP contribution in [0.1, 0.15) is 11.1 Å². The lowest BCUT2D eigenvalue weighted by Crippen LogP contribution is -2.29. The highest BCUT2D eigenvalue weighted by molar-refractivity contribution is 6.29. The van der Waals surface area contributed by atoms with Crippen LogP contribution >= 0.6 is 0 Å². The van der Waals surface area contributed by atoms with Gasteiger partial charge in [-0.25, -0.2) is 9.80 Å². The van der Waals surface area contributed by atoms with Crippen molar-refractivity contribution in [3.63, 3.8) is 0 Å². The smallest absolute Gasteiger partial charge is 0.258 e. The summed E-state index contributed by atoms with van der Waals surface area (Å²) < 4.78 is 0. The first kappa shape index (κ1) is 15.5. The predicted molar refractivity (Wildman–Crippen MR) is 98.0 cm³/mol. The Hall–Kier alpha value is -3.80. The number of carbonyl (C=O) groups excluding carboxylic acids is 4. The minimum absolute atomic E-state index is 0.351. The Morgan fingerprint density at radius 3 is 1.30 bits per heavy atom. The Kier molecular flexibility index (Phi) is 3.06. The zero-order valence-electron chi connectivity index (χ0n) is 14.0. The van der Waals surface area contributed by atoms with Crippen molar-refractivity contribution >= 4 is 35.0 Å². The van der Waals surface area contributed by atoms with Crippen LogP contribution in [0.2, 0.25) is 0 Å². The third kappa shape index (κ3) is 2.20.